The number of carbonyl (C=O) groups excluding carboxylic acids is 1. The van der Waals surface area contributed by atoms with Gasteiger partial charge in [-0.3, -0.25) is 10.1 Å². The molecule has 2 heterocycles. The lowest BCUT2D eigenvalue weighted by molar-refractivity contribution is 0.102. The summed E-state index contributed by atoms with van der Waals surface area (Å²) in [6.07, 6.45) is 0.691. The first-order chi connectivity index (χ1) is 15.8. The van der Waals surface area contributed by atoms with Gasteiger partial charge in [0.15, 0.2) is 5.13 Å². The van der Waals surface area contributed by atoms with Gasteiger partial charge in [0.25, 0.3) is 5.91 Å². The summed E-state index contributed by atoms with van der Waals surface area (Å²) in [6, 6.07) is 18.1. The largest absolute Gasteiger partial charge is 0.298 e. The van der Waals surface area contributed by atoms with Gasteiger partial charge in [-0.25, -0.2) is 13.4 Å². The van der Waals surface area contributed by atoms with Crippen LogP contribution in [0.2, 0.25) is 0 Å². The van der Waals surface area contributed by atoms with Crippen LogP contribution < -0.4 is 5.32 Å². The predicted molar refractivity (Wildman–Crippen MR) is 131 cm³/mol. The van der Waals surface area contributed by atoms with Crippen molar-refractivity contribution >= 4 is 42.6 Å². The molecule has 1 N–H and O–H groups in total. The van der Waals surface area contributed by atoms with Gasteiger partial charge >= 0.3 is 0 Å². The molecule has 3 aromatic carbocycles. The maximum Gasteiger partial charge on any atom is 0.257 e. The standard InChI is InChI=1S/C25H23N3O3S2/c1-16-7-8-17(2)23-22(16)26-25(32-23)27-24(29)19-9-11-21(12-10-19)33(30,31)28-14-13-18-5-3-4-6-20(18)15-28/h3-12H,13-15H2,1-2H3,(H,26,27,29). The average molecular weight is 478 g/mol. The van der Waals surface area contributed by atoms with Crippen molar-refractivity contribution in [1.82, 2.24) is 9.29 Å². The Labute approximate surface area is 197 Å². The third-order valence-corrected chi connectivity index (χ3v) is 8.98. The topological polar surface area (TPSA) is 79.4 Å². The van der Waals surface area contributed by atoms with E-state index >= 15 is 0 Å². The fourth-order valence-electron chi connectivity index (χ4n) is 4.08. The highest BCUT2D eigenvalue weighted by Crippen LogP contribution is 2.31. The van der Waals surface area contributed by atoms with Gasteiger partial charge in [-0.1, -0.05) is 47.7 Å². The number of aromatic nitrogens is 1. The predicted octanol–water partition coefficient (Wildman–Crippen LogP) is 4.91. The molecule has 0 saturated carbocycles. The first-order valence-corrected chi connectivity index (χ1v) is 12.9. The van der Waals surface area contributed by atoms with Crippen LogP contribution in [0.5, 0.6) is 0 Å². The van der Waals surface area contributed by atoms with E-state index in [4.69, 9.17) is 0 Å². The van der Waals surface area contributed by atoms with Crippen LogP contribution in [0.4, 0.5) is 5.13 Å². The first kappa shape index (κ1) is 21.8. The SMILES string of the molecule is Cc1ccc(C)c2sc(NC(=O)c3ccc(S(=O)(=O)N4CCc5ccccc5C4)cc3)nc12. The van der Waals surface area contributed by atoms with E-state index in [-0.39, 0.29) is 10.8 Å². The number of hydrogen-bond acceptors (Lipinski definition) is 5. The molecule has 0 saturated heterocycles. The number of sulfonamides is 1. The molecule has 8 heteroatoms. The lowest BCUT2D eigenvalue weighted by Crippen LogP contribution is -2.35. The summed E-state index contributed by atoms with van der Waals surface area (Å²) in [5, 5.41) is 3.37. The number of thiazole rings is 1. The Morgan fingerprint density at radius 2 is 1.67 bits per heavy atom. The van der Waals surface area contributed by atoms with Crippen LogP contribution in [0.25, 0.3) is 10.2 Å². The van der Waals surface area contributed by atoms with Crippen molar-refractivity contribution in [3.05, 3.63) is 88.5 Å². The van der Waals surface area contributed by atoms with Gasteiger partial charge in [-0.15, -0.1) is 0 Å². The summed E-state index contributed by atoms with van der Waals surface area (Å²) in [5.74, 6) is -0.319. The van der Waals surface area contributed by atoms with E-state index in [1.165, 1.54) is 33.3 Å². The van der Waals surface area contributed by atoms with Crippen LogP contribution in [0.15, 0.2) is 65.6 Å². The van der Waals surface area contributed by atoms with Crippen LogP contribution in [0.3, 0.4) is 0 Å². The van der Waals surface area contributed by atoms with E-state index in [9.17, 15) is 13.2 Å². The first-order valence-electron chi connectivity index (χ1n) is 10.7. The van der Waals surface area contributed by atoms with Crippen molar-refractivity contribution in [2.24, 2.45) is 0 Å². The molecule has 5 rings (SSSR count). The number of rotatable bonds is 4. The van der Waals surface area contributed by atoms with Crippen molar-refractivity contribution in [3.8, 4) is 0 Å². The fourth-order valence-corrected chi connectivity index (χ4v) is 6.51. The van der Waals surface area contributed by atoms with Crippen LogP contribution in [-0.2, 0) is 23.0 Å². The zero-order valence-electron chi connectivity index (χ0n) is 18.3. The number of nitrogens with zero attached hydrogens (tertiary/aromatic N) is 2. The van der Waals surface area contributed by atoms with Crippen molar-refractivity contribution in [2.45, 2.75) is 31.7 Å². The minimum atomic E-state index is -3.64. The Morgan fingerprint density at radius 1 is 0.970 bits per heavy atom. The van der Waals surface area contributed by atoms with E-state index in [0.717, 1.165) is 26.9 Å². The monoisotopic (exact) mass is 477 g/mol. The zero-order valence-corrected chi connectivity index (χ0v) is 20.0. The summed E-state index contributed by atoms with van der Waals surface area (Å²) in [7, 11) is -3.64. The van der Waals surface area contributed by atoms with Gasteiger partial charge in [-0.2, -0.15) is 4.31 Å². The number of nitrogens with one attached hydrogen (secondary N) is 1. The molecule has 0 unspecified atom stereocenters. The Balaban J connectivity index is 1.33. The third-order valence-electron chi connectivity index (χ3n) is 6.01. The van der Waals surface area contributed by atoms with E-state index in [1.54, 1.807) is 12.1 Å². The molecule has 0 radical (unpaired) electrons. The van der Waals surface area contributed by atoms with Crippen LogP contribution >= 0.6 is 11.3 Å². The van der Waals surface area contributed by atoms with Crippen LogP contribution in [0, 0.1) is 13.8 Å². The summed E-state index contributed by atoms with van der Waals surface area (Å²) >= 11 is 1.44. The number of anilines is 1. The quantitative estimate of drug-likeness (QED) is 0.453. The van der Waals surface area contributed by atoms with Gasteiger partial charge in [0, 0.05) is 18.7 Å². The average Bonchev–Trinajstić information content (AvgIpc) is 3.26. The number of hydrogen-bond donors (Lipinski definition) is 1. The molecule has 1 amide bonds. The molecular formula is C25H23N3O3S2. The minimum absolute atomic E-state index is 0.185. The summed E-state index contributed by atoms with van der Waals surface area (Å²) < 4.78 is 28.8. The number of fused-ring (bicyclic) bond motifs is 2. The second-order valence-electron chi connectivity index (χ2n) is 8.23. The molecule has 0 atom stereocenters. The number of carbonyl (C=O) groups is 1. The van der Waals surface area contributed by atoms with Crippen molar-refractivity contribution in [1.29, 1.82) is 0 Å². The Bertz CT molecular complexity index is 1440. The fraction of sp³-hybridized carbons (Fsp3) is 0.200. The van der Waals surface area contributed by atoms with E-state index in [1.807, 2.05) is 50.2 Å². The molecule has 0 fully saturated rings. The van der Waals surface area contributed by atoms with Gasteiger partial charge < -0.3 is 0 Å². The lowest BCUT2D eigenvalue weighted by Gasteiger charge is -2.28. The van der Waals surface area contributed by atoms with Crippen molar-refractivity contribution in [2.75, 3.05) is 11.9 Å². The summed E-state index contributed by atoms with van der Waals surface area (Å²) in [6.45, 7) is 4.81. The second-order valence-corrected chi connectivity index (χ2v) is 11.2. The second kappa shape index (κ2) is 8.37. The molecular weight excluding hydrogens is 454 g/mol. The molecule has 4 aromatic rings. The number of aryl methyl sites for hydroxylation is 2. The van der Waals surface area contributed by atoms with Gasteiger partial charge in [0.2, 0.25) is 10.0 Å². The minimum Gasteiger partial charge on any atom is -0.298 e. The highest BCUT2D eigenvalue weighted by molar-refractivity contribution is 7.89. The molecule has 0 spiro atoms. The molecule has 0 aliphatic carbocycles. The smallest absolute Gasteiger partial charge is 0.257 e. The van der Waals surface area contributed by atoms with E-state index in [0.29, 0.717) is 30.2 Å². The van der Waals surface area contributed by atoms with Crippen molar-refractivity contribution < 1.29 is 13.2 Å². The molecule has 168 valence electrons. The van der Waals surface area contributed by atoms with E-state index < -0.39 is 10.0 Å². The Hall–Kier alpha value is -3.07. The Kier molecular flexibility index (Phi) is 5.52. The van der Waals surface area contributed by atoms with Crippen molar-refractivity contribution in [3.63, 3.8) is 0 Å². The molecule has 1 aromatic heterocycles. The molecule has 1 aliphatic rings. The summed E-state index contributed by atoms with van der Waals surface area (Å²) in [4.78, 5) is 17.5. The van der Waals surface area contributed by atoms with E-state index in [2.05, 4.69) is 10.3 Å². The van der Waals surface area contributed by atoms with Crippen LogP contribution in [0.1, 0.15) is 32.6 Å². The Morgan fingerprint density at radius 3 is 2.39 bits per heavy atom. The lowest BCUT2D eigenvalue weighted by atomic mass is 10.0. The summed E-state index contributed by atoms with van der Waals surface area (Å²) in [5.41, 5.74) is 5.66. The third kappa shape index (κ3) is 4.06. The van der Waals surface area contributed by atoms with Gasteiger partial charge in [0.05, 0.1) is 15.1 Å². The molecule has 33 heavy (non-hydrogen) atoms. The molecule has 6 nitrogen and oxygen atoms in total. The molecule has 1 aliphatic heterocycles. The van der Waals surface area contributed by atoms with Crippen LogP contribution in [-0.4, -0.2) is 30.2 Å². The molecule has 0 bridgehead atoms. The highest BCUT2D eigenvalue weighted by Gasteiger charge is 2.28. The van der Waals surface area contributed by atoms with Gasteiger partial charge in [-0.05, 0) is 66.8 Å². The van der Waals surface area contributed by atoms with Gasteiger partial charge in [0.1, 0.15) is 0 Å². The normalized spacial score (nSPS) is 14.2. The zero-order chi connectivity index (χ0) is 23.2. The number of amides is 1. The maximum atomic E-state index is 13.1. The highest BCUT2D eigenvalue weighted by atomic mass is 32.2. The number of benzene rings is 3. The maximum absolute atomic E-state index is 13.1.